The van der Waals surface area contributed by atoms with Crippen molar-refractivity contribution < 1.29 is 4.79 Å². The third-order valence-corrected chi connectivity index (χ3v) is 4.60. The Morgan fingerprint density at radius 2 is 2.38 bits per heavy atom. The highest BCUT2D eigenvalue weighted by atomic mass is 32.2. The van der Waals surface area contributed by atoms with Crippen molar-refractivity contribution >= 4 is 34.7 Å². The van der Waals surface area contributed by atoms with Gasteiger partial charge in [-0.3, -0.25) is 4.79 Å². The van der Waals surface area contributed by atoms with Crippen LogP contribution in [0.15, 0.2) is 16.8 Å². The zero-order valence-corrected chi connectivity index (χ0v) is 10.7. The van der Waals surface area contributed by atoms with Crippen molar-refractivity contribution in [1.82, 2.24) is 5.32 Å². The van der Waals surface area contributed by atoms with E-state index < -0.39 is 0 Å². The number of hydrogen-bond donors (Lipinski definition) is 2. The van der Waals surface area contributed by atoms with Gasteiger partial charge >= 0.3 is 0 Å². The molecule has 0 aliphatic carbocycles. The number of thioether (sulfide) groups is 1. The Morgan fingerprint density at radius 3 is 3.06 bits per heavy atom. The maximum Gasteiger partial charge on any atom is 0.234 e. The zero-order valence-electron chi connectivity index (χ0n) is 9.07. The van der Waals surface area contributed by atoms with Crippen LogP contribution in [-0.2, 0) is 4.79 Å². The van der Waals surface area contributed by atoms with Gasteiger partial charge in [-0.05, 0) is 37.4 Å². The van der Waals surface area contributed by atoms with Crippen molar-refractivity contribution in [3.63, 3.8) is 0 Å². The van der Waals surface area contributed by atoms with Crippen molar-refractivity contribution in [2.75, 3.05) is 24.2 Å². The molecule has 2 N–H and O–H groups in total. The average molecular weight is 256 g/mol. The summed E-state index contributed by atoms with van der Waals surface area (Å²) in [5.41, 5.74) is 0.918. The van der Waals surface area contributed by atoms with Crippen molar-refractivity contribution in [2.45, 2.75) is 18.1 Å². The summed E-state index contributed by atoms with van der Waals surface area (Å²) >= 11 is 3.38. The van der Waals surface area contributed by atoms with Crippen LogP contribution in [-0.4, -0.2) is 30.0 Å². The Kier molecular flexibility index (Phi) is 4.69. The zero-order chi connectivity index (χ0) is 11.2. The minimum atomic E-state index is 0.113. The molecule has 0 bridgehead atoms. The number of thiophene rings is 1. The van der Waals surface area contributed by atoms with Gasteiger partial charge in [-0.25, -0.2) is 0 Å². The normalized spacial score (nSPS) is 17.2. The van der Waals surface area contributed by atoms with Gasteiger partial charge in [-0.2, -0.15) is 11.3 Å². The molecule has 5 heteroatoms. The van der Waals surface area contributed by atoms with Crippen LogP contribution >= 0.6 is 23.1 Å². The lowest BCUT2D eigenvalue weighted by Crippen LogP contribution is -2.30. The lowest BCUT2D eigenvalue weighted by atomic mass is 10.2. The molecule has 0 spiro atoms. The fraction of sp³-hybridized carbons (Fsp3) is 0.545. The van der Waals surface area contributed by atoms with E-state index in [-0.39, 0.29) is 5.91 Å². The van der Waals surface area contributed by atoms with E-state index in [0.29, 0.717) is 11.0 Å². The van der Waals surface area contributed by atoms with E-state index in [9.17, 15) is 4.79 Å². The third kappa shape index (κ3) is 3.81. The van der Waals surface area contributed by atoms with Gasteiger partial charge < -0.3 is 10.6 Å². The highest BCUT2D eigenvalue weighted by molar-refractivity contribution is 8.00. The summed E-state index contributed by atoms with van der Waals surface area (Å²) in [5, 5.41) is 10.8. The van der Waals surface area contributed by atoms with E-state index >= 15 is 0 Å². The van der Waals surface area contributed by atoms with Crippen molar-refractivity contribution in [3.8, 4) is 0 Å². The summed E-state index contributed by atoms with van der Waals surface area (Å²) in [5.74, 6) is 0.683. The highest BCUT2D eigenvalue weighted by Gasteiger charge is 2.14. The largest absolute Gasteiger partial charge is 0.325 e. The van der Waals surface area contributed by atoms with Crippen LogP contribution in [0.4, 0.5) is 5.69 Å². The molecule has 0 radical (unpaired) electrons. The number of anilines is 1. The Morgan fingerprint density at radius 1 is 1.56 bits per heavy atom. The van der Waals surface area contributed by atoms with E-state index in [0.717, 1.165) is 18.8 Å². The monoisotopic (exact) mass is 256 g/mol. The molecule has 1 aromatic heterocycles. The molecule has 0 saturated carbocycles. The fourth-order valence-electron chi connectivity index (χ4n) is 1.69. The smallest absolute Gasteiger partial charge is 0.234 e. The van der Waals surface area contributed by atoms with Gasteiger partial charge in [0.25, 0.3) is 0 Å². The second kappa shape index (κ2) is 6.27. The first kappa shape index (κ1) is 12.0. The van der Waals surface area contributed by atoms with E-state index in [2.05, 4.69) is 10.6 Å². The number of rotatable bonds is 4. The first-order chi connectivity index (χ1) is 7.84. The fourth-order valence-corrected chi connectivity index (χ4v) is 3.30. The molecule has 3 nitrogen and oxygen atoms in total. The standard InChI is InChI=1S/C11H16N2OS2/c14-11(13-9-3-6-15-7-9)8-16-10-1-4-12-5-2-10/h3,6-7,10,12H,1-2,4-5,8H2,(H,13,14). The summed E-state index contributed by atoms with van der Waals surface area (Å²) in [6.07, 6.45) is 2.35. The third-order valence-electron chi connectivity index (χ3n) is 2.54. The average Bonchev–Trinajstić information content (AvgIpc) is 2.81. The number of piperidine rings is 1. The van der Waals surface area contributed by atoms with Gasteiger partial charge in [0.2, 0.25) is 5.91 Å². The maximum absolute atomic E-state index is 11.6. The van der Waals surface area contributed by atoms with Gasteiger partial charge in [0.05, 0.1) is 11.4 Å². The van der Waals surface area contributed by atoms with Crippen LogP contribution in [0.25, 0.3) is 0 Å². The first-order valence-electron chi connectivity index (χ1n) is 5.49. The lowest BCUT2D eigenvalue weighted by Gasteiger charge is -2.21. The SMILES string of the molecule is O=C(CSC1CCNCC1)Nc1ccsc1. The van der Waals surface area contributed by atoms with E-state index in [1.165, 1.54) is 12.8 Å². The van der Waals surface area contributed by atoms with Crippen LogP contribution < -0.4 is 10.6 Å². The predicted octanol–water partition coefficient (Wildman–Crippen LogP) is 2.17. The van der Waals surface area contributed by atoms with Crippen molar-refractivity contribution in [2.24, 2.45) is 0 Å². The second-order valence-corrected chi connectivity index (χ2v) is 5.89. The van der Waals surface area contributed by atoms with Crippen LogP contribution in [0.5, 0.6) is 0 Å². The first-order valence-corrected chi connectivity index (χ1v) is 7.48. The molecule has 1 aliphatic heterocycles. The van der Waals surface area contributed by atoms with Crippen LogP contribution in [0.3, 0.4) is 0 Å². The number of amides is 1. The van der Waals surface area contributed by atoms with E-state index in [1.54, 1.807) is 23.1 Å². The Labute approximate surface area is 104 Å². The van der Waals surface area contributed by atoms with E-state index in [4.69, 9.17) is 0 Å². The molecule has 1 saturated heterocycles. The molecule has 1 aromatic rings. The van der Waals surface area contributed by atoms with Gasteiger partial charge in [-0.1, -0.05) is 0 Å². The molecular weight excluding hydrogens is 240 g/mol. The van der Waals surface area contributed by atoms with E-state index in [1.807, 2.05) is 16.8 Å². The van der Waals surface area contributed by atoms with Crippen LogP contribution in [0.2, 0.25) is 0 Å². The molecule has 2 heterocycles. The number of carbonyl (C=O) groups is 1. The predicted molar refractivity (Wildman–Crippen MR) is 71.3 cm³/mol. The Bertz CT molecular complexity index is 321. The molecule has 88 valence electrons. The minimum Gasteiger partial charge on any atom is -0.325 e. The summed E-state index contributed by atoms with van der Waals surface area (Å²) < 4.78 is 0. The molecule has 16 heavy (non-hydrogen) atoms. The quantitative estimate of drug-likeness (QED) is 0.867. The highest BCUT2D eigenvalue weighted by Crippen LogP contribution is 2.20. The van der Waals surface area contributed by atoms with Crippen LogP contribution in [0.1, 0.15) is 12.8 Å². The van der Waals surface area contributed by atoms with Crippen LogP contribution in [0, 0.1) is 0 Å². The summed E-state index contributed by atoms with van der Waals surface area (Å²) in [6, 6.07) is 1.93. The minimum absolute atomic E-state index is 0.113. The molecular formula is C11H16N2OS2. The second-order valence-electron chi connectivity index (χ2n) is 3.82. The van der Waals surface area contributed by atoms with Crippen molar-refractivity contribution in [3.05, 3.63) is 16.8 Å². The lowest BCUT2D eigenvalue weighted by molar-refractivity contribution is -0.113. The van der Waals surface area contributed by atoms with Crippen molar-refractivity contribution in [1.29, 1.82) is 0 Å². The molecule has 1 aliphatic rings. The Balaban J connectivity index is 1.67. The molecule has 1 fully saturated rings. The van der Waals surface area contributed by atoms with Gasteiger partial charge in [-0.15, -0.1) is 11.8 Å². The molecule has 2 rings (SSSR count). The van der Waals surface area contributed by atoms with Gasteiger partial charge in [0.15, 0.2) is 0 Å². The number of nitrogens with one attached hydrogen (secondary N) is 2. The topological polar surface area (TPSA) is 41.1 Å². The molecule has 0 unspecified atom stereocenters. The molecule has 0 aromatic carbocycles. The van der Waals surface area contributed by atoms with Gasteiger partial charge in [0, 0.05) is 10.6 Å². The number of hydrogen-bond acceptors (Lipinski definition) is 4. The maximum atomic E-state index is 11.6. The molecule has 0 atom stereocenters. The number of carbonyl (C=O) groups excluding carboxylic acids is 1. The molecule has 1 amide bonds. The summed E-state index contributed by atoms with van der Waals surface area (Å²) in [7, 11) is 0. The van der Waals surface area contributed by atoms with Gasteiger partial charge in [0.1, 0.15) is 0 Å². The summed E-state index contributed by atoms with van der Waals surface area (Å²) in [4.78, 5) is 11.6. The Hall–Kier alpha value is -0.520. The summed E-state index contributed by atoms with van der Waals surface area (Å²) in [6.45, 7) is 2.17.